The Bertz CT molecular complexity index is 368. The number of carboxylic acid groups (broad SMARTS) is 1. The second-order valence-corrected chi connectivity index (χ2v) is 4.46. The van der Waals surface area contributed by atoms with E-state index in [0.717, 1.165) is 11.5 Å². The monoisotopic (exact) mass is 219 g/mol. The Morgan fingerprint density at radius 2 is 2.06 bits per heavy atom. The molecule has 86 valence electrons. The van der Waals surface area contributed by atoms with Gasteiger partial charge in [0.25, 0.3) is 0 Å². The molecule has 0 heterocycles. The maximum absolute atomic E-state index is 10.6. The van der Waals surface area contributed by atoms with E-state index in [1.54, 1.807) is 6.92 Å². The van der Waals surface area contributed by atoms with Crippen LogP contribution in [0.1, 0.15) is 36.8 Å². The van der Waals surface area contributed by atoms with Crippen molar-refractivity contribution < 1.29 is 9.90 Å². The van der Waals surface area contributed by atoms with Crippen molar-refractivity contribution in [3.8, 4) is 0 Å². The van der Waals surface area contributed by atoms with E-state index >= 15 is 0 Å². The van der Waals surface area contributed by atoms with Crippen molar-refractivity contribution in [1.29, 1.82) is 0 Å². The largest absolute Gasteiger partial charge is 0.480 e. The average molecular weight is 219 g/mol. The molecule has 1 unspecified atom stereocenters. The van der Waals surface area contributed by atoms with Gasteiger partial charge < -0.3 is 10.4 Å². The Labute approximate surface area is 95.5 Å². The first-order chi connectivity index (χ1) is 7.66. The Hall–Kier alpha value is -1.35. The predicted molar refractivity (Wildman–Crippen MR) is 62.4 cm³/mol. The van der Waals surface area contributed by atoms with Crippen LogP contribution in [0, 0.1) is 0 Å². The van der Waals surface area contributed by atoms with E-state index in [4.69, 9.17) is 5.11 Å². The third kappa shape index (κ3) is 2.83. The van der Waals surface area contributed by atoms with Crippen LogP contribution in [0.2, 0.25) is 0 Å². The molecule has 0 aromatic heterocycles. The Morgan fingerprint density at radius 1 is 1.44 bits per heavy atom. The van der Waals surface area contributed by atoms with Crippen LogP contribution in [-0.4, -0.2) is 17.1 Å². The second kappa shape index (κ2) is 4.66. The third-order valence-electron chi connectivity index (χ3n) is 3.01. The van der Waals surface area contributed by atoms with Crippen molar-refractivity contribution in [3.05, 3.63) is 35.4 Å². The van der Waals surface area contributed by atoms with Crippen LogP contribution in [-0.2, 0) is 11.3 Å². The topological polar surface area (TPSA) is 49.3 Å². The highest BCUT2D eigenvalue weighted by Crippen LogP contribution is 2.39. The molecule has 0 amide bonds. The molecule has 1 aliphatic rings. The first-order valence-corrected chi connectivity index (χ1v) is 5.72. The molecule has 1 aliphatic carbocycles. The highest BCUT2D eigenvalue weighted by atomic mass is 16.4. The summed E-state index contributed by atoms with van der Waals surface area (Å²) in [6.45, 7) is 2.26. The summed E-state index contributed by atoms with van der Waals surface area (Å²) >= 11 is 0. The van der Waals surface area contributed by atoms with Gasteiger partial charge in [-0.3, -0.25) is 4.79 Å². The van der Waals surface area contributed by atoms with Crippen LogP contribution < -0.4 is 5.32 Å². The van der Waals surface area contributed by atoms with E-state index in [1.807, 2.05) is 0 Å². The van der Waals surface area contributed by atoms with Crippen molar-refractivity contribution in [1.82, 2.24) is 5.32 Å². The van der Waals surface area contributed by atoms with Crippen molar-refractivity contribution >= 4 is 5.97 Å². The van der Waals surface area contributed by atoms with Crippen LogP contribution in [0.5, 0.6) is 0 Å². The molecule has 3 heteroatoms. The van der Waals surface area contributed by atoms with Crippen molar-refractivity contribution in [2.45, 2.75) is 38.3 Å². The zero-order valence-corrected chi connectivity index (χ0v) is 9.44. The normalized spacial score (nSPS) is 17.1. The lowest BCUT2D eigenvalue weighted by Crippen LogP contribution is -2.33. The van der Waals surface area contributed by atoms with Gasteiger partial charge in [0.1, 0.15) is 6.04 Å². The molecule has 2 N–H and O–H groups in total. The number of rotatable bonds is 5. The van der Waals surface area contributed by atoms with Gasteiger partial charge in [0.15, 0.2) is 0 Å². The van der Waals surface area contributed by atoms with Gasteiger partial charge in [-0.2, -0.15) is 0 Å². The van der Waals surface area contributed by atoms with E-state index in [1.165, 1.54) is 18.4 Å². The molecule has 1 aromatic carbocycles. The van der Waals surface area contributed by atoms with Crippen LogP contribution in [0.3, 0.4) is 0 Å². The minimum absolute atomic E-state index is 0.497. The molecule has 0 radical (unpaired) electrons. The maximum atomic E-state index is 10.6. The maximum Gasteiger partial charge on any atom is 0.320 e. The molecule has 1 aromatic rings. The fourth-order valence-electron chi connectivity index (χ4n) is 1.68. The van der Waals surface area contributed by atoms with Gasteiger partial charge in [0, 0.05) is 6.54 Å². The zero-order valence-electron chi connectivity index (χ0n) is 9.44. The Kier molecular flexibility index (Phi) is 3.25. The number of nitrogens with one attached hydrogen (secondary N) is 1. The van der Waals surface area contributed by atoms with E-state index in [9.17, 15) is 4.79 Å². The minimum Gasteiger partial charge on any atom is -0.480 e. The summed E-state index contributed by atoms with van der Waals surface area (Å²) in [6.07, 6.45) is 2.63. The molecular formula is C13H17NO2. The summed E-state index contributed by atoms with van der Waals surface area (Å²) in [5, 5.41) is 11.7. The van der Waals surface area contributed by atoms with Crippen LogP contribution in [0.15, 0.2) is 24.3 Å². The number of carbonyl (C=O) groups is 1. The molecule has 0 saturated heterocycles. The molecule has 1 saturated carbocycles. The standard InChI is InChI=1S/C13H17NO2/c1-9(13(15)16)14-8-10-2-4-11(5-3-10)12-6-7-12/h2-5,9,12,14H,6-8H2,1H3,(H,15,16). The smallest absolute Gasteiger partial charge is 0.320 e. The van der Waals surface area contributed by atoms with E-state index < -0.39 is 12.0 Å². The van der Waals surface area contributed by atoms with Crippen LogP contribution in [0.4, 0.5) is 0 Å². The summed E-state index contributed by atoms with van der Waals surface area (Å²) in [5.41, 5.74) is 2.55. The Balaban J connectivity index is 1.87. The number of carboxylic acids is 1. The van der Waals surface area contributed by atoms with Gasteiger partial charge >= 0.3 is 5.97 Å². The predicted octanol–water partition coefficient (Wildman–Crippen LogP) is 2.13. The molecule has 0 spiro atoms. The molecule has 0 aliphatic heterocycles. The molecular weight excluding hydrogens is 202 g/mol. The second-order valence-electron chi connectivity index (χ2n) is 4.46. The van der Waals surface area contributed by atoms with Crippen molar-refractivity contribution in [2.24, 2.45) is 0 Å². The van der Waals surface area contributed by atoms with Crippen LogP contribution in [0.25, 0.3) is 0 Å². The average Bonchev–Trinajstić information content (AvgIpc) is 3.10. The van der Waals surface area contributed by atoms with Gasteiger partial charge in [0.2, 0.25) is 0 Å². The summed E-state index contributed by atoms with van der Waals surface area (Å²) in [4.78, 5) is 10.6. The fourth-order valence-corrected chi connectivity index (χ4v) is 1.68. The van der Waals surface area contributed by atoms with Gasteiger partial charge in [-0.1, -0.05) is 24.3 Å². The lowest BCUT2D eigenvalue weighted by Gasteiger charge is -2.09. The summed E-state index contributed by atoms with van der Waals surface area (Å²) in [6, 6.07) is 7.97. The fraction of sp³-hybridized carbons (Fsp3) is 0.462. The third-order valence-corrected chi connectivity index (χ3v) is 3.01. The molecule has 16 heavy (non-hydrogen) atoms. The number of hydrogen-bond acceptors (Lipinski definition) is 2. The highest BCUT2D eigenvalue weighted by Gasteiger charge is 2.22. The van der Waals surface area contributed by atoms with Gasteiger partial charge in [-0.15, -0.1) is 0 Å². The molecule has 2 rings (SSSR count). The minimum atomic E-state index is -0.811. The summed E-state index contributed by atoms with van der Waals surface area (Å²) < 4.78 is 0. The zero-order chi connectivity index (χ0) is 11.5. The number of hydrogen-bond donors (Lipinski definition) is 2. The lowest BCUT2D eigenvalue weighted by molar-refractivity contribution is -0.139. The number of aliphatic carboxylic acids is 1. The summed E-state index contributed by atoms with van der Waals surface area (Å²) in [5.74, 6) is -0.0328. The van der Waals surface area contributed by atoms with Crippen molar-refractivity contribution in [2.75, 3.05) is 0 Å². The SMILES string of the molecule is CC(NCc1ccc(C2CC2)cc1)C(=O)O. The van der Waals surface area contributed by atoms with E-state index in [2.05, 4.69) is 29.6 Å². The summed E-state index contributed by atoms with van der Waals surface area (Å²) in [7, 11) is 0. The van der Waals surface area contributed by atoms with Crippen LogP contribution >= 0.6 is 0 Å². The van der Waals surface area contributed by atoms with Gasteiger partial charge in [-0.05, 0) is 36.8 Å². The van der Waals surface area contributed by atoms with E-state index in [-0.39, 0.29) is 0 Å². The van der Waals surface area contributed by atoms with Gasteiger partial charge in [0.05, 0.1) is 0 Å². The Morgan fingerprint density at radius 3 is 2.56 bits per heavy atom. The first-order valence-electron chi connectivity index (χ1n) is 5.72. The molecule has 1 atom stereocenters. The molecule has 0 bridgehead atoms. The first kappa shape index (κ1) is 11.1. The lowest BCUT2D eigenvalue weighted by atomic mass is 10.1. The quantitative estimate of drug-likeness (QED) is 0.797. The molecule has 3 nitrogen and oxygen atoms in total. The van der Waals surface area contributed by atoms with Crippen molar-refractivity contribution in [3.63, 3.8) is 0 Å². The number of benzene rings is 1. The van der Waals surface area contributed by atoms with E-state index in [0.29, 0.717) is 6.54 Å². The highest BCUT2D eigenvalue weighted by molar-refractivity contribution is 5.72. The van der Waals surface area contributed by atoms with Gasteiger partial charge in [-0.25, -0.2) is 0 Å². The molecule has 1 fully saturated rings.